The third kappa shape index (κ3) is 11.7. The van der Waals surface area contributed by atoms with Gasteiger partial charge in [-0.3, -0.25) is 0 Å². The second-order valence-electron chi connectivity index (χ2n) is 17.5. The minimum atomic E-state index is -5.05. The number of hydrogen-bond donors (Lipinski definition) is 1. The van der Waals surface area contributed by atoms with Gasteiger partial charge in [-0.05, 0) is 0 Å². The van der Waals surface area contributed by atoms with E-state index in [0.29, 0.717) is 49.3 Å². The van der Waals surface area contributed by atoms with Crippen LogP contribution in [0.15, 0.2) is 243 Å². The molecule has 0 unspecified atom stereocenters. The monoisotopic (exact) mass is 886 g/mol. The summed E-state index contributed by atoms with van der Waals surface area (Å²) in [6, 6.07) is 83.1. The summed E-state index contributed by atoms with van der Waals surface area (Å²) in [6.45, 7) is -8.21. The summed E-state index contributed by atoms with van der Waals surface area (Å²) in [7, 11) is -5.05. The minimum absolute atomic E-state index is 0.462. The van der Waals surface area contributed by atoms with Gasteiger partial charge in [0.15, 0.2) is 0 Å². The van der Waals surface area contributed by atoms with Crippen LogP contribution in [0.5, 0.6) is 0 Å². The summed E-state index contributed by atoms with van der Waals surface area (Å²) in [5.41, 5.74) is 8.43. The van der Waals surface area contributed by atoms with Gasteiger partial charge < -0.3 is 0 Å². The molecular weight excluding hydrogens is 830 g/mol. The van der Waals surface area contributed by atoms with Gasteiger partial charge >= 0.3 is 376 Å². The predicted octanol–water partition coefficient (Wildman–Crippen LogP) is 15.7. The third-order valence-corrected chi connectivity index (χ3v) is 26.7. The van der Waals surface area contributed by atoms with Crippen molar-refractivity contribution in [2.45, 2.75) is 49.3 Å². The Balaban J connectivity index is 1.41. The average molecular weight is 887 g/mol. The van der Waals surface area contributed by atoms with E-state index >= 15 is 4.57 Å². The first-order valence-corrected chi connectivity index (χ1v) is 29.0. The SMILES string of the molecule is O=P(O)(OP(Cc1ccccc1)(Cc1ccccc1)(Cc1ccccc1)Cc1ccccc1)OP(Cc1ccccc1)(Cc1ccccc1)(Cc1ccccc1)Cc1ccccc1. The first-order valence-electron chi connectivity index (χ1n) is 21.8. The number of phosphoric acid groups is 1. The van der Waals surface area contributed by atoms with Crippen molar-refractivity contribution in [1.29, 1.82) is 0 Å². The summed E-state index contributed by atoms with van der Waals surface area (Å²) in [6.07, 6.45) is 3.70. The maximum atomic E-state index is 16.6. The van der Waals surface area contributed by atoms with Crippen LogP contribution in [0, 0.1) is 0 Å². The molecule has 0 spiro atoms. The Bertz CT molecular complexity index is 2130. The summed E-state index contributed by atoms with van der Waals surface area (Å²) < 4.78 is 32.0. The first-order chi connectivity index (χ1) is 30.7. The number of rotatable bonds is 20. The van der Waals surface area contributed by atoms with Crippen LogP contribution in [0.2, 0.25) is 0 Å². The van der Waals surface area contributed by atoms with Gasteiger partial charge in [-0.15, -0.1) is 0 Å². The van der Waals surface area contributed by atoms with Crippen molar-refractivity contribution in [1.82, 2.24) is 0 Å². The molecule has 0 aliphatic rings. The van der Waals surface area contributed by atoms with Crippen molar-refractivity contribution in [2.75, 3.05) is 0 Å². The van der Waals surface area contributed by atoms with Crippen LogP contribution in [0.3, 0.4) is 0 Å². The fourth-order valence-corrected chi connectivity index (χ4v) is 27.2. The van der Waals surface area contributed by atoms with Crippen LogP contribution in [0.4, 0.5) is 0 Å². The van der Waals surface area contributed by atoms with Crippen molar-refractivity contribution in [2.24, 2.45) is 0 Å². The molecule has 0 amide bonds. The van der Waals surface area contributed by atoms with Gasteiger partial charge in [-0.25, -0.2) is 0 Å². The molecule has 0 radical (unpaired) electrons. The molecule has 8 rings (SSSR count). The van der Waals surface area contributed by atoms with Crippen molar-refractivity contribution < 1.29 is 18.1 Å². The van der Waals surface area contributed by atoms with Crippen LogP contribution in [0.1, 0.15) is 44.5 Å². The Morgan fingerprint density at radius 3 is 0.524 bits per heavy atom. The molecule has 0 saturated carbocycles. The molecule has 4 nitrogen and oxygen atoms in total. The Morgan fingerprint density at radius 1 is 0.270 bits per heavy atom. The molecule has 8 aromatic rings. The van der Waals surface area contributed by atoms with Gasteiger partial charge in [0.1, 0.15) is 0 Å². The van der Waals surface area contributed by atoms with Crippen LogP contribution < -0.4 is 0 Å². The van der Waals surface area contributed by atoms with Gasteiger partial charge in [0.25, 0.3) is 0 Å². The fourth-order valence-electron chi connectivity index (χ4n) is 9.86. The van der Waals surface area contributed by atoms with Gasteiger partial charge in [-0.2, -0.15) is 0 Å². The molecule has 0 heterocycles. The zero-order valence-electron chi connectivity index (χ0n) is 35.8. The molecule has 1 N–H and O–H groups in total. The molecule has 320 valence electrons. The topological polar surface area (TPSA) is 55.8 Å². The van der Waals surface area contributed by atoms with Crippen LogP contribution in [-0.2, 0) is 62.5 Å². The van der Waals surface area contributed by atoms with E-state index in [1.165, 1.54) is 0 Å². The molecule has 0 aliphatic heterocycles. The Morgan fingerprint density at radius 2 is 0.397 bits per heavy atom. The quantitative estimate of drug-likeness (QED) is 0.0775. The second kappa shape index (κ2) is 19.6. The molecule has 0 fully saturated rings. The van der Waals surface area contributed by atoms with E-state index < -0.39 is 21.5 Å². The van der Waals surface area contributed by atoms with E-state index in [-0.39, 0.29) is 0 Å². The molecule has 63 heavy (non-hydrogen) atoms. The number of hydrogen-bond acceptors (Lipinski definition) is 3. The number of benzene rings is 8. The molecule has 0 aromatic heterocycles. The second-order valence-corrected chi connectivity index (χ2v) is 29.7. The molecule has 7 heteroatoms. The van der Waals surface area contributed by atoms with Crippen LogP contribution >= 0.6 is 21.5 Å². The standard InChI is InChI=1S/C56H57O4P3/c57-61(58,59-62(41-49-25-9-1-10-26-49,42-50-27-11-2-12-28-50,43-51-29-13-3-14-30-51)44-52-31-15-4-16-32-52)60-63(45-53-33-17-5-18-34-53,46-54-35-19-6-20-36-54,47-55-37-21-7-22-38-55)48-56-39-23-8-24-40-56/h1-40H,41-48H2,(H,57,58). The summed E-state index contributed by atoms with van der Waals surface area (Å²) in [5.74, 6) is 0. The molecule has 0 atom stereocenters. The zero-order chi connectivity index (χ0) is 43.4. The molecule has 0 aliphatic carbocycles. The van der Waals surface area contributed by atoms with E-state index in [9.17, 15) is 4.89 Å². The Hall–Kier alpha value is -5.27. The summed E-state index contributed by atoms with van der Waals surface area (Å²) >= 11 is 0. The van der Waals surface area contributed by atoms with Crippen LogP contribution in [0.25, 0.3) is 0 Å². The van der Waals surface area contributed by atoms with Gasteiger partial charge in [0.05, 0.1) is 0 Å². The fraction of sp³-hybridized carbons (Fsp3) is 0.143. The predicted molar refractivity (Wildman–Crippen MR) is 267 cm³/mol. The maximum absolute atomic E-state index is 16.6. The Labute approximate surface area is 374 Å². The summed E-state index contributed by atoms with van der Waals surface area (Å²) in [5, 5.41) is 0. The average Bonchev–Trinajstić information content (AvgIpc) is 3.28. The molecular formula is C56H57O4P3. The molecule has 8 aromatic carbocycles. The van der Waals surface area contributed by atoms with Crippen LogP contribution in [-0.4, -0.2) is 4.89 Å². The zero-order valence-corrected chi connectivity index (χ0v) is 38.4. The first kappa shape index (κ1) is 44.3. The summed E-state index contributed by atoms with van der Waals surface area (Å²) in [4.78, 5) is 13.5. The van der Waals surface area contributed by atoms with E-state index in [0.717, 1.165) is 44.5 Å². The Kier molecular flexibility index (Phi) is 13.8. The van der Waals surface area contributed by atoms with E-state index in [4.69, 9.17) is 8.62 Å². The van der Waals surface area contributed by atoms with Crippen molar-refractivity contribution in [3.63, 3.8) is 0 Å². The molecule has 0 saturated heterocycles. The van der Waals surface area contributed by atoms with Crippen molar-refractivity contribution in [3.8, 4) is 0 Å². The third-order valence-electron chi connectivity index (χ3n) is 12.1. The van der Waals surface area contributed by atoms with Crippen molar-refractivity contribution in [3.05, 3.63) is 287 Å². The van der Waals surface area contributed by atoms with E-state index in [1.54, 1.807) is 0 Å². The molecule has 0 bridgehead atoms. The normalized spacial score (nSPS) is 14.0. The van der Waals surface area contributed by atoms with Gasteiger partial charge in [0.2, 0.25) is 0 Å². The van der Waals surface area contributed by atoms with Gasteiger partial charge in [-0.1, -0.05) is 0 Å². The van der Waals surface area contributed by atoms with Gasteiger partial charge in [0, 0.05) is 0 Å². The van der Waals surface area contributed by atoms with E-state index in [2.05, 4.69) is 194 Å². The van der Waals surface area contributed by atoms with E-state index in [1.807, 2.05) is 48.5 Å². The van der Waals surface area contributed by atoms with Crippen molar-refractivity contribution >= 4 is 21.5 Å².